The third-order valence-corrected chi connectivity index (χ3v) is 6.27. The highest BCUT2D eigenvalue weighted by molar-refractivity contribution is 7.21. The van der Waals surface area contributed by atoms with Crippen LogP contribution in [0.5, 0.6) is 0 Å². The maximum Gasteiger partial charge on any atom is 0.263 e. The van der Waals surface area contributed by atoms with Crippen molar-refractivity contribution in [3.8, 4) is 0 Å². The first kappa shape index (κ1) is 19.6. The number of aromatic nitrogens is 3. The van der Waals surface area contributed by atoms with E-state index in [4.69, 9.17) is 9.72 Å². The van der Waals surface area contributed by atoms with Gasteiger partial charge in [-0.2, -0.15) is 4.39 Å². The zero-order chi connectivity index (χ0) is 21.4. The van der Waals surface area contributed by atoms with Gasteiger partial charge in [-0.05, 0) is 24.3 Å². The number of hydrogen-bond donors (Lipinski definition) is 2. The number of amides is 1. The number of halogens is 1. The van der Waals surface area contributed by atoms with Crippen molar-refractivity contribution in [2.45, 2.75) is 0 Å². The first-order chi connectivity index (χ1) is 15.2. The number of anilines is 3. The van der Waals surface area contributed by atoms with E-state index in [0.29, 0.717) is 42.8 Å². The largest absolute Gasteiger partial charge is 0.383 e. The Balaban J connectivity index is 1.64. The molecule has 158 valence electrons. The van der Waals surface area contributed by atoms with E-state index in [9.17, 15) is 9.18 Å². The summed E-state index contributed by atoms with van der Waals surface area (Å²) in [6.07, 6.45) is 1.19. The van der Waals surface area contributed by atoms with Gasteiger partial charge in [0.15, 0.2) is 0 Å². The van der Waals surface area contributed by atoms with Crippen LogP contribution in [0.25, 0.3) is 21.0 Å². The van der Waals surface area contributed by atoms with Crippen molar-refractivity contribution >= 4 is 55.6 Å². The predicted octanol–water partition coefficient (Wildman–Crippen LogP) is 3.32. The molecule has 4 heterocycles. The molecule has 1 amide bonds. The van der Waals surface area contributed by atoms with Crippen LogP contribution in [0.1, 0.15) is 9.67 Å². The SMILES string of the molecule is COCCN(c1cc(F)ncn1)c1ccc2c(ccc3sc4c(c32)NCCNC4=O)n1. The summed E-state index contributed by atoms with van der Waals surface area (Å²) < 4.78 is 19.9. The quantitative estimate of drug-likeness (QED) is 0.462. The maximum absolute atomic E-state index is 13.7. The fourth-order valence-electron chi connectivity index (χ4n) is 3.71. The Hall–Kier alpha value is -3.37. The molecular weight excluding hydrogens is 419 g/mol. The first-order valence-electron chi connectivity index (χ1n) is 9.78. The molecule has 1 aliphatic heterocycles. The van der Waals surface area contributed by atoms with Gasteiger partial charge in [0.25, 0.3) is 5.91 Å². The van der Waals surface area contributed by atoms with E-state index in [1.165, 1.54) is 23.7 Å². The van der Waals surface area contributed by atoms with Crippen LogP contribution < -0.4 is 15.5 Å². The van der Waals surface area contributed by atoms with Crippen LogP contribution in [0, 0.1) is 5.95 Å². The van der Waals surface area contributed by atoms with Gasteiger partial charge in [0, 0.05) is 48.3 Å². The molecule has 0 spiro atoms. The van der Waals surface area contributed by atoms with Crippen molar-refractivity contribution in [3.63, 3.8) is 0 Å². The van der Waals surface area contributed by atoms with E-state index in [0.717, 1.165) is 26.7 Å². The Morgan fingerprint density at radius 1 is 1.16 bits per heavy atom. The Kier molecular flexibility index (Phi) is 5.08. The lowest BCUT2D eigenvalue weighted by molar-refractivity contribution is 0.0962. The molecule has 4 aromatic rings. The number of carbonyl (C=O) groups excluding carboxylic acids is 1. The fourth-order valence-corrected chi connectivity index (χ4v) is 4.83. The molecule has 3 aromatic heterocycles. The smallest absolute Gasteiger partial charge is 0.263 e. The lowest BCUT2D eigenvalue weighted by atomic mass is 10.1. The van der Waals surface area contributed by atoms with Crippen LogP contribution in [-0.2, 0) is 4.74 Å². The normalized spacial score (nSPS) is 13.5. The second kappa shape index (κ2) is 8.05. The monoisotopic (exact) mass is 438 g/mol. The number of nitrogens with zero attached hydrogens (tertiary/aromatic N) is 4. The summed E-state index contributed by atoms with van der Waals surface area (Å²) in [5.74, 6) is 0.352. The number of nitrogens with one attached hydrogen (secondary N) is 2. The summed E-state index contributed by atoms with van der Waals surface area (Å²) in [4.78, 5) is 27.4. The van der Waals surface area contributed by atoms with Gasteiger partial charge >= 0.3 is 0 Å². The molecule has 0 saturated carbocycles. The molecule has 10 heteroatoms. The van der Waals surface area contributed by atoms with Gasteiger partial charge in [-0.25, -0.2) is 15.0 Å². The van der Waals surface area contributed by atoms with Crippen molar-refractivity contribution in [3.05, 3.63) is 47.5 Å². The van der Waals surface area contributed by atoms with Crippen LogP contribution in [0.2, 0.25) is 0 Å². The van der Waals surface area contributed by atoms with Crippen molar-refractivity contribution < 1.29 is 13.9 Å². The fraction of sp³-hybridized carbons (Fsp3) is 0.238. The molecule has 2 N–H and O–H groups in total. The molecule has 0 saturated heterocycles. The number of pyridine rings is 1. The van der Waals surface area contributed by atoms with Crippen molar-refractivity contribution in [2.75, 3.05) is 43.6 Å². The van der Waals surface area contributed by atoms with Crippen molar-refractivity contribution in [1.29, 1.82) is 0 Å². The van der Waals surface area contributed by atoms with E-state index in [1.54, 1.807) is 12.0 Å². The number of benzene rings is 1. The summed E-state index contributed by atoms with van der Waals surface area (Å²) in [5.41, 5.74) is 1.62. The minimum Gasteiger partial charge on any atom is -0.383 e. The Morgan fingerprint density at radius 2 is 2.03 bits per heavy atom. The Bertz CT molecular complexity index is 1290. The summed E-state index contributed by atoms with van der Waals surface area (Å²) in [6.45, 7) is 2.11. The average molecular weight is 438 g/mol. The number of rotatable bonds is 5. The van der Waals surface area contributed by atoms with Gasteiger partial charge in [-0.1, -0.05) is 0 Å². The Labute approximate surface area is 181 Å². The number of fused-ring (bicyclic) bond motifs is 5. The van der Waals surface area contributed by atoms with Gasteiger partial charge < -0.3 is 20.3 Å². The molecule has 5 rings (SSSR count). The zero-order valence-electron chi connectivity index (χ0n) is 16.7. The molecule has 0 aliphatic carbocycles. The highest BCUT2D eigenvalue weighted by atomic mass is 32.1. The maximum atomic E-state index is 13.7. The third-order valence-electron chi connectivity index (χ3n) is 5.12. The molecule has 0 bridgehead atoms. The number of methoxy groups -OCH3 is 1. The van der Waals surface area contributed by atoms with Gasteiger partial charge in [0.05, 0.1) is 17.8 Å². The van der Waals surface area contributed by atoms with Gasteiger partial charge in [0.1, 0.15) is 22.8 Å². The summed E-state index contributed by atoms with van der Waals surface area (Å²) >= 11 is 1.47. The van der Waals surface area contributed by atoms with Gasteiger partial charge in [-0.15, -0.1) is 11.3 Å². The number of thiophene rings is 1. The average Bonchev–Trinajstić information content (AvgIpc) is 3.06. The molecule has 0 radical (unpaired) electrons. The number of carbonyl (C=O) groups is 1. The van der Waals surface area contributed by atoms with E-state index in [-0.39, 0.29) is 5.91 Å². The summed E-state index contributed by atoms with van der Waals surface area (Å²) in [5, 5.41) is 8.23. The molecule has 0 unspecified atom stereocenters. The van der Waals surface area contributed by atoms with E-state index in [2.05, 4.69) is 20.6 Å². The third kappa shape index (κ3) is 3.53. The highest BCUT2D eigenvalue weighted by Crippen LogP contribution is 2.41. The van der Waals surface area contributed by atoms with Crippen LogP contribution in [0.15, 0.2) is 36.7 Å². The molecule has 0 fully saturated rings. The van der Waals surface area contributed by atoms with Gasteiger partial charge in [0.2, 0.25) is 5.95 Å². The van der Waals surface area contributed by atoms with Gasteiger partial charge in [-0.3, -0.25) is 4.79 Å². The lowest BCUT2D eigenvalue weighted by Crippen LogP contribution is -2.24. The Morgan fingerprint density at radius 3 is 2.87 bits per heavy atom. The predicted molar refractivity (Wildman–Crippen MR) is 119 cm³/mol. The molecule has 8 nitrogen and oxygen atoms in total. The molecular formula is C21H19FN6O2S. The second-order valence-corrected chi connectivity index (χ2v) is 8.06. The standard InChI is InChI=1S/C21H19FN6O2S/c1-30-9-8-28(17-10-15(22)25-11-26-17)16-5-2-12-13(27-16)3-4-14-18(12)19-20(31-14)21(29)24-7-6-23-19/h2-5,10-11,23H,6-9H2,1H3,(H,24,29). The summed E-state index contributed by atoms with van der Waals surface area (Å²) in [7, 11) is 1.61. The van der Waals surface area contributed by atoms with Crippen LogP contribution in [-0.4, -0.2) is 54.2 Å². The van der Waals surface area contributed by atoms with Crippen LogP contribution >= 0.6 is 11.3 Å². The van der Waals surface area contributed by atoms with E-state index < -0.39 is 5.95 Å². The molecule has 31 heavy (non-hydrogen) atoms. The van der Waals surface area contributed by atoms with Crippen molar-refractivity contribution in [2.24, 2.45) is 0 Å². The minimum absolute atomic E-state index is 0.0598. The van der Waals surface area contributed by atoms with E-state index >= 15 is 0 Å². The topological polar surface area (TPSA) is 92.3 Å². The zero-order valence-corrected chi connectivity index (χ0v) is 17.5. The molecule has 1 aliphatic rings. The molecule has 0 atom stereocenters. The summed E-state index contributed by atoms with van der Waals surface area (Å²) in [6, 6.07) is 9.04. The molecule has 1 aromatic carbocycles. The van der Waals surface area contributed by atoms with Crippen LogP contribution in [0.3, 0.4) is 0 Å². The van der Waals surface area contributed by atoms with Crippen LogP contribution in [0.4, 0.5) is 21.7 Å². The number of ether oxygens (including phenoxy) is 1. The highest BCUT2D eigenvalue weighted by Gasteiger charge is 2.23. The minimum atomic E-state index is -0.611. The lowest BCUT2D eigenvalue weighted by Gasteiger charge is -2.22. The second-order valence-electron chi connectivity index (χ2n) is 7.01. The first-order valence-corrected chi connectivity index (χ1v) is 10.6. The van der Waals surface area contributed by atoms with E-state index in [1.807, 2.05) is 24.3 Å². The van der Waals surface area contributed by atoms with Crippen molar-refractivity contribution in [1.82, 2.24) is 20.3 Å². The number of hydrogen-bond acceptors (Lipinski definition) is 8.